The molecule has 1 atom stereocenters. The smallest absolute Gasteiger partial charge is 0.0570 e. The van der Waals surface area contributed by atoms with Gasteiger partial charge in [0.05, 0.1) is 5.69 Å². The van der Waals surface area contributed by atoms with Crippen molar-refractivity contribution in [2.75, 3.05) is 6.54 Å². The van der Waals surface area contributed by atoms with Crippen LogP contribution in [0.1, 0.15) is 23.5 Å². The van der Waals surface area contributed by atoms with Gasteiger partial charge in [0, 0.05) is 23.7 Å². The van der Waals surface area contributed by atoms with E-state index in [2.05, 4.69) is 40.8 Å². The van der Waals surface area contributed by atoms with Gasteiger partial charge in [-0.3, -0.25) is 4.98 Å². The molecule has 0 saturated carbocycles. The third-order valence-electron chi connectivity index (χ3n) is 2.53. The van der Waals surface area contributed by atoms with Gasteiger partial charge in [0.25, 0.3) is 0 Å². The lowest BCUT2D eigenvalue weighted by molar-refractivity contribution is 0.566. The highest BCUT2D eigenvalue weighted by atomic mass is 32.1. The number of nitrogens with zero attached hydrogens (tertiary/aromatic N) is 1. The molecule has 84 valence electrons. The van der Waals surface area contributed by atoms with Gasteiger partial charge in [0.1, 0.15) is 0 Å². The summed E-state index contributed by atoms with van der Waals surface area (Å²) in [6.07, 6.45) is 2.93. The van der Waals surface area contributed by atoms with E-state index in [9.17, 15) is 0 Å². The van der Waals surface area contributed by atoms with Crippen molar-refractivity contribution in [3.05, 3.63) is 52.5 Å². The summed E-state index contributed by atoms with van der Waals surface area (Å²) in [4.78, 5) is 5.77. The Bertz CT molecular complexity index is 397. The zero-order valence-corrected chi connectivity index (χ0v) is 10.2. The van der Waals surface area contributed by atoms with Gasteiger partial charge in [-0.1, -0.05) is 12.1 Å². The lowest BCUT2D eigenvalue weighted by Crippen LogP contribution is -2.21. The van der Waals surface area contributed by atoms with E-state index < -0.39 is 0 Å². The largest absolute Gasteiger partial charge is 0.308 e. The Labute approximate surface area is 100 Å². The van der Waals surface area contributed by atoms with Gasteiger partial charge in [0.2, 0.25) is 0 Å². The molecule has 1 N–H and O–H groups in total. The molecule has 0 amide bonds. The third kappa shape index (κ3) is 3.15. The average molecular weight is 232 g/mol. The molecule has 0 aliphatic rings. The average Bonchev–Trinajstić information content (AvgIpc) is 2.83. The van der Waals surface area contributed by atoms with Gasteiger partial charge in [-0.25, -0.2) is 0 Å². The molecule has 0 fully saturated rings. The van der Waals surface area contributed by atoms with E-state index in [4.69, 9.17) is 0 Å². The highest BCUT2D eigenvalue weighted by Crippen LogP contribution is 2.10. The van der Waals surface area contributed by atoms with Crippen molar-refractivity contribution in [1.29, 1.82) is 0 Å². The van der Waals surface area contributed by atoms with Crippen molar-refractivity contribution < 1.29 is 0 Å². The van der Waals surface area contributed by atoms with Gasteiger partial charge >= 0.3 is 0 Å². The summed E-state index contributed by atoms with van der Waals surface area (Å²) in [6.45, 7) is 3.15. The van der Waals surface area contributed by atoms with E-state index in [0.717, 1.165) is 18.7 Å². The third-order valence-corrected chi connectivity index (χ3v) is 3.47. The SMILES string of the molecule is C[C@H](NCCc1cccs1)c1ccccn1. The quantitative estimate of drug-likeness (QED) is 0.857. The molecule has 2 heterocycles. The minimum atomic E-state index is 0.321. The van der Waals surface area contributed by atoms with Crippen molar-refractivity contribution in [2.45, 2.75) is 19.4 Å². The number of pyridine rings is 1. The first-order valence-corrected chi connectivity index (χ1v) is 6.41. The van der Waals surface area contributed by atoms with Crippen LogP contribution >= 0.6 is 11.3 Å². The Morgan fingerprint density at radius 1 is 1.31 bits per heavy atom. The predicted octanol–water partition coefficient (Wildman–Crippen LogP) is 3.04. The van der Waals surface area contributed by atoms with Crippen LogP contribution in [0.2, 0.25) is 0 Å². The Morgan fingerprint density at radius 3 is 2.94 bits per heavy atom. The second kappa shape index (κ2) is 5.77. The molecule has 0 aromatic carbocycles. The standard InChI is InChI=1S/C13H16N2S/c1-11(13-6-2-3-8-15-13)14-9-7-12-5-4-10-16-12/h2-6,8,10-11,14H,7,9H2,1H3/t11-/m0/s1. The molecule has 0 radical (unpaired) electrons. The summed E-state index contributed by atoms with van der Waals surface area (Å²) >= 11 is 1.81. The van der Waals surface area contributed by atoms with Crippen LogP contribution in [-0.4, -0.2) is 11.5 Å². The molecule has 0 aliphatic heterocycles. The van der Waals surface area contributed by atoms with Crippen molar-refractivity contribution in [1.82, 2.24) is 10.3 Å². The van der Waals surface area contributed by atoms with Gasteiger partial charge in [0.15, 0.2) is 0 Å². The first-order chi connectivity index (χ1) is 7.86. The van der Waals surface area contributed by atoms with Gasteiger partial charge in [-0.05, 0) is 36.9 Å². The summed E-state index contributed by atoms with van der Waals surface area (Å²) in [5.74, 6) is 0. The molecule has 2 aromatic heterocycles. The molecule has 0 saturated heterocycles. The van der Waals surface area contributed by atoms with Crippen LogP contribution in [0.15, 0.2) is 41.9 Å². The van der Waals surface area contributed by atoms with E-state index >= 15 is 0 Å². The molecule has 0 spiro atoms. The first kappa shape index (κ1) is 11.3. The number of hydrogen-bond acceptors (Lipinski definition) is 3. The van der Waals surface area contributed by atoms with Crippen molar-refractivity contribution in [3.8, 4) is 0 Å². The van der Waals surface area contributed by atoms with E-state index in [-0.39, 0.29) is 0 Å². The molecule has 3 heteroatoms. The van der Waals surface area contributed by atoms with Crippen LogP contribution < -0.4 is 5.32 Å². The molecule has 0 bridgehead atoms. The van der Waals surface area contributed by atoms with Gasteiger partial charge < -0.3 is 5.32 Å². The molecular formula is C13H16N2S. The number of hydrogen-bond donors (Lipinski definition) is 1. The van der Waals surface area contributed by atoms with Crippen LogP contribution in [0.3, 0.4) is 0 Å². The van der Waals surface area contributed by atoms with Crippen molar-refractivity contribution >= 4 is 11.3 Å². The highest BCUT2D eigenvalue weighted by molar-refractivity contribution is 7.09. The first-order valence-electron chi connectivity index (χ1n) is 5.53. The maximum Gasteiger partial charge on any atom is 0.0570 e. The highest BCUT2D eigenvalue weighted by Gasteiger charge is 2.04. The fraction of sp³-hybridized carbons (Fsp3) is 0.308. The molecule has 0 unspecified atom stereocenters. The number of aromatic nitrogens is 1. The summed E-state index contributed by atoms with van der Waals surface area (Å²) in [7, 11) is 0. The lowest BCUT2D eigenvalue weighted by Gasteiger charge is -2.12. The van der Waals surface area contributed by atoms with E-state index in [0.29, 0.717) is 6.04 Å². The van der Waals surface area contributed by atoms with Crippen LogP contribution in [0.4, 0.5) is 0 Å². The topological polar surface area (TPSA) is 24.9 Å². The fourth-order valence-electron chi connectivity index (χ4n) is 1.60. The summed E-state index contributed by atoms with van der Waals surface area (Å²) in [5.41, 5.74) is 1.11. The number of nitrogens with one attached hydrogen (secondary N) is 1. The normalized spacial score (nSPS) is 12.6. The number of thiophene rings is 1. The van der Waals surface area contributed by atoms with E-state index in [1.165, 1.54) is 4.88 Å². The van der Waals surface area contributed by atoms with Crippen molar-refractivity contribution in [2.24, 2.45) is 0 Å². The van der Waals surface area contributed by atoms with Gasteiger partial charge in [-0.15, -0.1) is 11.3 Å². The van der Waals surface area contributed by atoms with Crippen molar-refractivity contribution in [3.63, 3.8) is 0 Å². The Kier molecular flexibility index (Phi) is 4.08. The predicted molar refractivity (Wildman–Crippen MR) is 68.7 cm³/mol. The van der Waals surface area contributed by atoms with Crippen LogP contribution in [0, 0.1) is 0 Å². The Hall–Kier alpha value is -1.19. The number of rotatable bonds is 5. The molecular weight excluding hydrogens is 216 g/mol. The summed E-state index contributed by atoms with van der Waals surface area (Å²) in [6, 6.07) is 10.6. The van der Waals surface area contributed by atoms with E-state index in [1.807, 2.05) is 29.7 Å². The summed E-state index contributed by atoms with van der Waals surface area (Å²) in [5, 5.41) is 5.60. The molecule has 2 rings (SSSR count). The Balaban J connectivity index is 1.78. The molecule has 16 heavy (non-hydrogen) atoms. The van der Waals surface area contributed by atoms with Crippen LogP contribution in [0.5, 0.6) is 0 Å². The zero-order valence-electron chi connectivity index (χ0n) is 9.39. The monoisotopic (exact) mass is 232 g/mol. The fourth-order valence-corrected chi connectivity index (χ4v) is 2.31. The molecule has 2 nitrogen and oxygen atoms in total. The maximum absolute atomic E-state index is 4.33. The minimum absolute atomic E-state index is 0.321. The Morgan fingerprint density at radius 2 is 2.25 bits per heavy atom. The maximum atomic E-state index is 4.33. The summed E-state index contributed by atoms with van der Waals surface area (Å²) < 4.78 is 0. The zero-order chi connectivity index (χ0) is 11.2. The van der Waals surface area contributed by atoms with E-state index in [1.54, 1.807) is 0 Å². The van der Waals surface area contributed by atoms with Crippen LogP contribution in [-0.2, 0) is 6.42 Å². The molecule has 2 aromatic rings. The van der Waals surface area contributed by atoms with Crippen LogP contribution in [0.25, 0.3) is 0 Å². The second-order valence-corrected chi connectivity index (χ2v) is 4.79. The molecule has 0 aliphatic carbocycles. The van der Waals surface area contributed by atoms with Gasteiger partial charge in [-0.2, -0.15) is 0 Å². The lowest BCUT2D eigenvalue weighted by atomic mass is 10.2. The minimum Gasteiger partial charge on any atom is -0.308 e. The second-order valence-electron chi connectivity index (χ2n) is 3.76.